The van der Waals surface area contributed by atoms with Crippen molar-refractivity contribution in [1.82, 2.24) is 4.98 Å². The number of hydrogen-bond acceptors (Lipinski definition) is 5. The van der Waals surface area contributed by atoms with Gasteiger partial charge in [0.2, 0.25) is 22.7 Å². The summed E-state index contributed by atoms with van der Waals surface area (Å²) in [4.78, 5) is 3.86. The molecule has 9 heteroatoms. The van der Waals surface area contributed by atoms with Crippen LogP contribution < -0.4 is 10.0 Å². The SMILES string of the molecule is O=[SH](=O)Nc1ccc(Nc2cnc(-c3c(F)cccc3F)o2)cc1. The topological polar surface area (TPSA) is 84.2 Å². The molecule has 24 heavy (non-hydrogen) atoms. The Morgan fingerprint density at radius 1 is 0.958 bits per heavy atom. The molecule has 0 aliphatic heterocycles. The minimum atomic E-state index is -2.73. The number of hydrogen-bond donors (Lipinski definition) is 3. The van der Waals surface area contributed by atoms with Crippen molar-refractivity contribution < 1.29 is 21.6 Å². The molecule has 0 atom stereocenters. The Morgan fingerprint density at radius 3 is 2.21 bits per heavy atom. The number of aromatic nitrogens is 1. The molecule has 0 aliphatic rings. The molecule has 0 fully saturated rings. The van der Waals surface area contributed by atoms with E-state index in [9.17, 15) is 17.2 Å². The summed E-state index contributed by atoms with van der Waals surface area (Å²) in [6, 6.07) is 9.77. The third-order valence-corrected chi connectivity index (χ3v) is 3.50. The van der Waals surface area contributed by atoms with Gasteiger partial charge in [-0.05, 0) is 36.4 Å². The minimum absolute atomic E-state index is 0.184. The van der Waals surface area contributed by atoms with E-state index in [-0.39, 0.29) is 17.3 Å². The molecule has 2 aromatic carbocycles. The van der Waals surface area contributed by atoms with Crippen molar-refractivity contribution in [1.29, 1.82) is 0 Å². The van der Waals surface area contributed by atoms with Crippen molar-refractivity contribution in [3.05, 3.63) is 60.3 Å². The number of thiol groups is 1. The van der Waals surface area contributed by atoms with Crippen molar-refractivity contribution in [2.75, 3.05) is 10.0 Å². The second-order valence-electron chi connectivity index (χ2n) is 4.70. The largest absolute Gasteiger partial charge is 0.420 e. The van der Waals surface area contributed by atoms with E-state index in [1.165, 1.54) is 12.3 Å². The Kier molecular flexibility index (Phi) is 4.43. The normalized spacial score (nSPS) is 10.8. The van der Waals surface area contributed by atoms with Crippen molar-refractivity contribution in [3.8, 4) is 11.5 Å². The average Bonchev–Trinajstić information content (AvgIpc) is 2.97. The van der Waals surface area contributed by atoms with Gasteiger partial charge in [0.15, 0.2) is 0 Å². The number of benzene rings is 2. The number of nitrogens with one attached hydrogen (secondary N) is 2. The zero-order valence-electron chi connectivity index (χ0n) is 12.0. The predicted octanol–water partition coefficient (Wildman–Crippen LogP) is 3.30. The standard InChI is InChI=1S/C15H11F2N3O3S/c16-11-2-1-3-12(17)14(11)15-18-8-13(23-15)19-9-4-6-10(7-5-9)20-24(21)22/h1-8,19,24H,(H,20,21,22). The van der Waals surface area contributed by atoms with Crippen LogP contribution in [-0.2, 0) is 10.9 Å². The highest BCUT2D eigenvalue weighted by atomic mass is 32.2. The van der Waals surface area contributed by atoms with E-state index in [1.54, 1.807) is 24.3 Å². The van der Waals surface area contributed by atoms with Gasteiger partial charge in [0, 0.05) is 11.4 Å². The summed E-state index contributed by atoms with van der Waals surface area (Å²) in [5, 5.41) is 2.86. The second kappa shape index (κ2) is 6.67. The van der Waals surface area contributed by atoms with Crippen molar-refractivity contribution in [2.24, 2.45) is 0 Å². The number of oxazole rings is 1. The van der Waals surface area contributed by atoms with Gasteiger partial charge in [0.1, 0.15) is 17.2 Å². The van der Waals surface area contributed by atoms with Gasteiger partial charge >= 0.3 is 0 Å². The van der Waals surface area contributed by atoms with Crippen LogP contribution in [0.15, 0.2) is 53.1 Å². The zero-order chi connectivity index (χ0) is 17.1. The fourth-order valence-electron chi connectivity index (χ4n) is 2.03. The lowest BCUT2D eigenvalue weighted by Crippen LogP contribution is -1.95. The fraction of sp³-hybridized carbons (Fsp3) is 0. The molecule has 6 nitrogen and oxygen atoms in total. The Labute approximate surface area is 137 Å². The van der Waals surface area contributed by atoms with Crippen molar-refractivity contribution in [2.45, 2.75) is 0 Å². The first kappa shape index (κ1) is 15.9. The zero-order valence-corrected chi connectivity index (χ0v) is 12.9. The Bertz CT molecular complexity index is 911. The second-order valence-corrected chi connectivity index (χ2v) is 5.44. The van der Waals surface area contributed by atoms with Crippen LogP contribution in [-0.4, -0.2) is 13.4 Å². The van der Waals surface area contributed by atoms with Crippen LogP contribution in [0.5, 0.6) is 0 Å². The molecule has 0 bridgehead atoms. The van der Waals surface area contributed by atoms with Crippen LogP contribution in [0.2, 0.25) is 0 Å². The molecule has 2 N–H and O–H groups in total. The first-order chi connectivity index (χ1) is 11.5. The molecule has 0 radical (unpaired) electrons. The van der Waals surface area contributed by atoms with Crippen LogP contribution in [0.4, 0.5) is 26.0 Å². The maximum Gasteiger partial charge on any atom is 0.234 e. The smallest absolute Gasteiger partial charge is 0.234 e. The summed E-state index contributed by atoms with van der Waals surface area (Å²) in [5.41, 5.74) is 0.645. The van der Waals surface area contributed by atoms with E-state index >= 15 is 0 Å². The lowest BCUT2D eigenvalue weighted by Gasteiger charge is -2.04. The van der Waals surface area contributed by atoms with Crippen LogP contribution >= 0.6 is 0 Å². The lowest BCUT2D eigenvalue weighted by atomic mass is 10.2. The molecule has 0 amide bonds. The summed E-state index contributed by atoms with van der Waals surface area (Å²) in [5.74, 6) is -1.55. The van der Waals surface area contributed by atoms with E-state index < -0.39 is 22.5 Å². The van der Waals surface area contributed by atoms with Gasteiger partial charge in [-0.1, -0.05) is 6.07 Å². The summed E-state index contributed by atoms with van der Waals surface area (Å²) in [6.45, 7) is 0. The Morgan fingerprint density at radius 2 is 1.58 bits per heavy atom. The molecular formula is C15H11F2N3O3S. The molecule has 3 rings (SSSR count). The Balaban J connectivity index is 1.79. The van der Waals surface area contributed by atoms with Crippen LogP contribution in [0.3, 0.4) is 0 Å². The summed E-state index contributed by atoms with van der Waals surface area (Å²) >= 11 is 0. The molecule has 1 aromatic heterocycles. The van der Waals surface area contributed by atoms with Crippen LogP contribution in [0, 0.1) is 11.6 Å². The van der Waals surface area contributed by atoms with Gasteiger partial charge in [0.25, 0.3) is 0 Å². The monoisotopic (exact) mass is 351 g/mol. The first-order valence-electron chi connectivity index (χ1n) is 6.71. The van der Waals surface area contributed by atoms with Gasteiger partial charge in [-0.3, -0.25) is 4.72 Å². The van der Waals surface area contributed by atoms with Gasteiger partial charge in [-0.15, -0.1) is 0 Å². The highest BCUT2D eigenvalue weighted by molar-refractivity contribution is 7.73. The van der Waals surface area contributed by atoms with E-state index in [0.29, 0.717) is 11.4 Å². The number of rotatable bonds is 5. The summed E-state index contributed by atoms with van der Waals surface area (Å²) in [6.07, 6.45) is 1.29. The maximum absolute atomic E-state index is 13.7. The summed E-state index contributed by atoms with van der Waals surface area (Å²) in [7, 11) is -2.73. The number of anilines is 3. The van der Waals surface area contributed by atoms with Gasteiger partial charge < -0.3 is 9.73 Å². The third-order valence-electron chi connectivity index (χ3n) is 3.06. The molecule has 0 aliphatic carbocycles. The molecule has 3 aromatic rings. The van der Waals surface area contributed by atoms with E-state index in [0.717, 1.165) is 12.1 Å². The van der Waals surface area contributed by atoms with Gasteiger partial charge in [0.05, 0.1) is 6.20 Å². The maximum atomic E-state index is 13.7. The third kappa shape index (κ3) is 3.51. The summed E-state index contributed by atoms with van der Waals surface area (Å²) < 4.78 is 56.1. The van der Waals surface area contributed by atoms with Gasteiger partial charge in [-0.25, -0.2) is 22.2 Å². The lowest BCUT2D eigenvalue weighted by molar-refractivity contribution is 0.550. The van der Waals surface area contributed by atoms with E-state index in [4.69, 9.17) is 4.42 Å². The van der Waals surface area contributed by atoms with E-state index in [1.807, 2.05) is 0 Å². The fourth-order valence-corrected chi connectivity index (χ4v) is 2.39. The minimum Gasteiger partial charge on any atom is -0.420 e. The molecule has 0 unspecified atom stereocenters. The predicted molar refractivity (Wildman–Crippen MR) is 85.5 cm³/mol. The van der Waals surface area contributed by atoms with Crippen LogP contribution in [0.1, 0.15) is 0 Å². The first-order valence-corrected chi connectivity index (χ1v) is 7.89. The van der Waals surface area contributed by atoms with Crippen molar-refractivity contribution >= 4 is 28.1 Å². The highest BCUT2D eigenvalue weighted by Gasteiger charge is 2.16. The van der Waals surface area contributed by atoms with E-state index in [2.05, 4.69) is 15.0 Å². The van der Waals surface area contributed by atoms with Crippen molar-refractivity contribution in [3.63, 3.8) is 0 Å². The molecule has 1 heterocycles. The molecule has 0 spiro atoms. The number of halogens is 2. The molecule has 0 saturated heterocycles. The average molecular weight is 351 g/mol. The number of nitrogens with zero attached hydrogens (tertiary/aromatic N) is 1. The Hall–Kier alpha value is -2.94. The molecule has 0 saturated carbocycles. The van der Waals surface area contributed by atoms with Crippen LogP contribution in [0.25, 0.3) is 11.5 Å². The molecule has 124 valence electrons. The molecular weight excluding hydrogens is 340 g/mol. The quantitative estimate of drug-likeness (QED) is 0.614. The van der Waals surface area contributed by atoms with Gasteiger partial charge in [-0.2, -0.15) is 0 Å². The highest BCUT2D eigenvalue weighted by Crippen LogP contribution is 2.28.